The Labute approximate surface area is 209 Å². The van der Waals surface area contributed by atoms with E-state index in [-0.39, 0.29) is 16.8 Å². The van der Waals surface area contributed by atoms with Crippen LogP contribution in [-0.4, -0.2) is 54.9 Å². The molecule has 0 spiro atoms. The predicted molar refractivity (Wildman–Crippen MR) is 143 cm³/mol. The van der Waals surface area contributed by atoms with Crippen LogP contribution in [0, 0.1) is 5.41 Å². The van der Waals surface area contributed by atoms with Crippen LogP contribution in [0.2, 0.25) is 18.1 Å². The number of rotatable bonds is 14. The zero-order valence-electron chi connectivity index (χ0n) is 22.2. The molecule has 1 saturated carbocycles. The second-order valence-electron chi connectivity index (χ2n) is 12.0. The first kappa shape index (κ1) is 28.9. The maximum atomic E-state index is 10.7. The van der Waals surface area contributed by atoms with E-state index in [9.17, 15) is 4.79 Å². The van der Waals surface area contributed by atoms with Gasteiger partial charge in [0.05, 0.1) is 11.5 Å². The summed E-state index contributed by atoms with van der Waals surface area (Å²) in [6.07, 6.45) is 16.1. The molecule has 0 radical (unpaired) electrons. The monoisotopic (exact) mass is 499 g/mol. The van der Waals surface area contributed by atoms with E-state index in [4.69, 9.17) is 21.1 Å². The fourth-order valence-corrected chi connectivity index (χ4v) is 7.00. The van der Waals surface area contributed by atoms with Crippen LogP contribution in [0.25, 0.3) is 0 Å². The lowest BCUT2D eigenvalue weighted by atomic mass is 9.62. The average Bonchev–Trinajstić information content (AvgIpc) is 3.02. The van der Waals surface area contributed by atoms with Gasteiger partial charge in [0.2, 0.25) is 0 Å². The molecule has 0 bridgehead atoms. The molecule has 192 valence electrons. The highest BCUT2D eigenvalue weighted by molar-refractivity contribution is 6.74. The fourth-order valence-electron chi connectivity index (χ4n) is 5.21. The number of aliphatic carboxylic acids is 1. The van der Waals surface area contributed by atoms with Gasteiger partial charge < -0.3 is 9.53 Å². The number of carboxylic acid groups (broad SMARTS) is 1. The van der Waals surface area contributed by atoms with Gasteiger partial charge in [-0.1, -0.05) is 46.3 Å². The zero-order valence-corrected chi connectivity index (χ0v) is 23.9. The summed E-state index contributed by atoms with van der Waals surface area (Å²) in [5.74, 6) is -0.714. The van der Waals surface area contributed by atoms with Gasteiger partial charge in [-0.15, -0.1) is 11.6 Å². The lowest BCUT2D eigenvalue weighted by Crippen LogP contribution is -2.51. The normalized spacial score (nSPS) is 24.8. The van der Waals surface area contributed by atoms with E-state index < -0.39 is 14.3 Å². The predicted octanol–water partition coefficient (Wildman–Crippen LogP) is 7.62. The summed E-state index contributed by atoms with van der Waals surface area (Å²) >= 11 is 6.69. The van der Waals surface area contributed by atoms with Crippen LogP contribution >= 0.6 is 11.6 Å². The van der Waals surface area contributed by atoms with Crippen LogP contribution in [0.3, 0.4) is 0 Å². The SMILES string of the molecule is CCC1(C(CCCN2CCC(Cl)C2C/C=C\CCCC(=O)O)O[Si](C)(C)C(C)(C)C)CCC1. The molecule has 1 saturated heterocycles. The van der Waals surface area contributed by atoms with Gasteiger partial charge in [0.15, 0.2) is 8.32 Å². The van der Waals surface area contributed by atoms with E-state index in [1.165, 1.54) is 32.1 Å². The van der Waals surface area contributed by atoms with Crippen LogP contribution in [0.1, 0.15) is 98.3 Å². The molecule has 3 atom stereocenters. The topological polar surface area (TPSA) is 49.8 Å². The Morgan fingerprint density at radius 2 is 1.97 bits per heavy atom. The third-order valence-corrected chi connectivity index (χ3v) is 13.8. The van der Waals surface area contributed by atoms with Crippen molar-refractivity contribution in [3.63, 3.8) is 0 Å². The molecule has 2 aliphatic rings. The van der Waals surface area contributed by atoms with Crippen molar-refractivity contribution in [3.05, 3.63) is 12.2 Å². The van der Waals surface area contributed by atoms with Crippen molar-refractivity contribution >= 4 is 25.9 Å². The Kier molecular flexibility index (Phi) is 11.0. The summed E-state index contributed by atoms with van der Waals surface area (Å²) < 4.78 is 7.07. The van der Waals surface area contributed by atoms with Crippen molar-refractivity contribution in [2.45, 2.75) is 134 Å². The molecular formula is C27H50ClNO3Si. The fraction of sp³-hybridized carbons (Fsp3) is 0.889. The number of alkyl halides is 1. The van der Waals surface area contributed by atoms with E-state index >= 15 is 0 Å². The van der Waals surface area contributed by atoms with Gasteiger partial charge in [-0.25, -0.2) is 0 Å². The Morgan fingerprint density at radius 3 is 2.52 bits per heavy atom. The van der Waals surface area contributed by atoms with Gasteiger partial charge in [0, 0.05) is 12.5 Å². The van der Waals surface area contributed by atoms with Gasteiger partial charge in [-0.3, -0.25) is 9.69 Å². The Balaban J connectivity index is 1.90. The quantitative estimate of drug-likeness (QED) is 0.115. The molecular weight excluding hydrogens is 450 g/mol. The van der Waals surface area contributed by atoms with Gasteiger partial charge in [-0.2, -0.15) is 0 Å². The smallest absolute Gasteiger partial charge is 0.303 e. The molecule has 2 rings (SSSR count). The standard InChI is InChI=1S/C27H50ClNO3Si/c1-7-27(18-13-19-27)24(32-33(5,6)26(2,3)4)15-12-20-29-21-17-22(28)23(29)14-10-8-9-11-16-25(30)31/h8,10,22-24H,7,9,11-21H2,1-6H3,(H,30,31)/b10-8-. The van der Waals surface area contributed by atoms with E-state index in [0.29, 0.717) is 24.0 Å². The summed E-state index contributed by atoms with van der Waals surface area (Å²) in [5, 5.41) is 9.22. The number of nitrogens with zero attached hydrogens (tertiary/aromatic N) is 1. The van der Waals surface area contributed by atoms with Crippen molar-refractivity contribution in [1.29, 1.82) is 0 Å². The number of hydrogen-bond acceptors (Lipinski definition) is 3. The maximum Gasteiger partial charge on any atom is 0.303 e. The molecule has 1 aliphatic heterocycles. The molecule has 3 unspecified atom stereocenters. The number of hydrogen-bond donors (Lipinski definition) is 1. The number of halogens is 1. The van der Waals surface area contributed by atoms with Crippen molar-refractivity contribution in [3.8, 4) is 0 Å². The number of carbonyl (C=O) groups is 1. The Hall–Kier alpha value is -0.363. The maximum absolute atomic E-state index is 10.7. The summed E-state index contributed by atoms with van der Waals surface area (Å²) in [6, 6.07) is 0.394. The third-order valence-electron chi connectivity index (χ3n) is 8.78. The first-order valence-electron chi connectivity index (χ1n) is 13.3. The molecule has 33 heavy (non-hydrogen) atoms. The lowest BCUT2D eigenvalue weighted by Gasteiger charge is -2.51. The van der Waals surface area contributed by atoms with E-state index in [1.54, 1.807) is 0 Å². The van der Waals surface area contributed by atoms with E-state index in [0.717, 1.165) is 38.8 Å². The second-order valence-corrected chi connectivity index (χ2v) is 17.3. The highest BCUT2D eigenvalue weighted by Gasteiger charge is 2.48. The average molecular weight is 500 g/mol. The third kappa shape index (κ3) is 8.08. The van der Waals surface area contributed by atoms with Crippen LogP contribution < -0.4 is 0 Å². The highest BCUT2D eigenvalue weighted by Crippen LogP contribution is 2.51. The first-order valence-corrected chi connectivity index (χ1v) is 16.7. The largest absolute Gasteiger partial charge is 0.481 e. The molecule has 2 fully saturated rings. The van der Waals surface area contributed by atoms with Crippen molar-refractivity contribution in [2.75, 3.05) is 13.1 Å². The highest BCUT2D eigenvalue weighted by atomic mass is 35.5. The van der Waals surface area contributed by atoms with Crippen LogP contribution in [0.15, 0.2) is 12.2 Å². The number of allylic oxidation sites excluding steroid dienone is 1. The number of carboxylic acids is 1. The Bertz CT molecular complexity index is 636. The van der Waals surface area contributed by atoms with Crippen LogP contribution in [0.5, 0.6) is 0 Å². The zero-order chi connectivity index (χ0) is 24.7. The molecule has 0 amide bonds. The van der Waals surface area contributed by atoms with Gasteiger partial charge in [-0.05, 0) is 94.4 Å². The second kappa shape index (κ2) is 12.6. The van der Waals surface area contributed by atoms with Gasteiger partial charge in [0.25, 0.3) is 0 Å². The molecule has 1 heterocycles. The molecule has 0 aromatic heterocycles. The minimum absolute atomic E-state index is 0.210. The number of likely N-dealkylation sites (tertiary alicyclic amines) is 1. The molecule has 1 aliphatic carbocycles. The number of unbranched alkanes of at least 4 members (excludes halogenated alkanes) is 1. The van der Waals surface area contributed by atoms with Gasteiger partial charge in [0.1, 0.15) is 0 Å². The minimum Gasteiger partial charge on any atom is -0.481 e. The summed E-state index contributed by atoms with van der Waals surface area (Å²) in [5.41, 5.74) is 0.396. The van der Waals surface area contributed by atoms with Crippen LogP contribution in [-0.2, 0) is 9.22 Å². The molecule has 0 aromatic carbocycles. The minimum atomic E-state index is -1.80. The summed E-state index contributed by atoms with van der Waals surface area (Å²) in [6.45, 7) is 16.4. The van der Waals surface area contributed by atoms with E-state index in [2.05, 4.69) is 57.8 Å². The molecule has 0 aromatic rings. The Morgan fingerprint density at radius 1 is 1.27 bits per heavy atom. The van der Waals surface area contributed by atoms with Crippen molar-refractivity contribution in [1.82, 2.24) is 4.90 Å². The van der Waals surface area contributed by atoms with E-state index in [1.807, 2.05) is 0 Å². The molecule has 4 nitrogen and oxygen atoms in total. The van der Waals surface area contributed by atoms with Gasteiger partial charge >= 0.3 is 5.97 Å². The van der Waals surface area contributed by atoms with Crippen molar-refractivity contribution in [2.24, 2.45) is 5.41 Å². The van der Waals surface area contributed by atoms with Crippen molar-refractivity contribution < 1.29 is 14.3 Å². The lowest BCUT2D eigenvalue weighted by molar-refractivity contribution is -0.137. The molecule has 6 heteroatoms. The van der Waals surface area contributed by atoms with Crippen LogP contribution in [0.4, 0.5) is 0 Å². The summed E-state index contributed by atoms with van der Waals surface area (Å²) in [4.78, 5) is 13.2. The first-order chi connectivity index (χ1) is 15.4. The molecule has 1 N–H and O–H groups in total. The summed E-state index contributed by atoms with van der Waals surface area (Å²) in [7, 11) is -1.80.